The predicted octanol–water partition coefficient (Wildman–Crippen LogP) is 7.54. The van der Waals surface area contributed by atoms with Crippen LogP contribution in [0.4, 0.5) is 23.2 Å². The molecular weight excluding hydrogens is 646 g/mol. The molecule has 1 aliphatic carbocycles. The minimum atomic E-state index is -4.98. The molecule has 0 radical (unpaired) electrons. The Hall–Kier alpha value is -4.54. The molecule has 2 aromatic rings. The van der Waals surface area contributed by atoms with Gasteiger partial charge >= 0.3 is 12.1 Å². The number of esters is 1. The minimum absolute atomic E-state index is 0.0214. The molecule has 49 heavy (non-hydrogen) atoms. The zero-order chi connectivity index (χ0) is 36.3. The maximum absolute atomic E-state index is 15.9. The summed E-state index contributed by atoms with van der Waals surface area (Å²) < 4.78 is 79.4. The minimum Gasteiger partial charge on any atom is -0.465 e. The number of methoxy groups -OCH3 is 3. The number of benzene rings is 1. The molecule has 1 aromatic carbocycles. The highest BCUT2D eigenvalue weighted by Gasteiger charge is 2.38. The van der Waals surface area contributed by atoms with E-state index < -0.39 is 47.1 Å². The van der Waals surface area contributed by atoms with Gasteiger partial charge in [-0.1, -0.05) is 25.5 Å². The summed E-state index contributed by atoms with van der Waals surface area (Å²) in [4.78, 5) is 36.3. The SMILES string of the molecule is C=C(C#Cc1cnc(Oc2cc(C(=O)OC)c(N(C(=O)C3CCC(C)CC3)C(COC)COC)cc2F)c(C(F)(F)F)c1)N=C(C)/C=C\C. The van der Waals surface area contributed by atoms with Crippen LogP contribution in [-0.4, -0.2) is 63.2 Å². The van der Waals surface area contributed by atoms with Crippen LogP contribution in [0.1, 0.15) is 67.9 Å². The van der Waals surface area contributed by atoms with Crippen molar-refractivity contribution in [3.05, 3.63) is 71.3 Å². The summed E-state index contributed by atoms with van der Waals surface area (Å²) >= 11 is 0. The van der Waals surface area contributed by atoms with Crippen molar-refractivity contribution in [2.45, 2.75) is 58.7 Å². The molecule has 9 nitrogen and oxygen atoms in total. The smallest absolute Gasteiger partial charge is 0.421 e. The number of rotatable bonds is 12. The molecule has 1 amide bonds. The average molecular weight is 688 g/mol. The topological polar surface area (TPSA) is 99.6 Å². The van der Waals surface area contributed by atoms with E-state index in [1.807, 2.05) is 0 Å². The van der Waals surface area contributed by atoms with Crippen LogP contribution in [0.15, 0.2) is 53.8 Å². The van der Waals surface area contributed by atoms with Crippen LogP contribution < -0.4 is 9.64 Å². The first kappa shape index (κ1) is 38.9. The molecule has 264 valence electrons. The molecule has 1 heterocycles. The lowest BCUT2D eigenvalue weighted by molar-refractivity contribution is -0.139. The maximum Gasteiger partial charge on any atom is 0.421 e. The molecule has 0 saturated heterocycles. The summed E-state index contributed by atoms with van der Waals surface area (Å²) in [6, 6.07) is 1.67. The number of halogens is 4. The number of hydrogen-bond acceptors (Lipinski definition) is 8. The highest BCUT2D eigenvalue weighted by molar-refractivity contribution is 6.04. The molecule has 1 fully saturated rings. The van der Waals surface area contributed by atoms with Gasteiger partial charge in [-0.05, 0) is 63.5 Å². The van der Waals surface area contributed by atoms with Gasteiger partial charge in [-0.3, -0.25) is 4.79 Å². The first-order valence-electron chi connectivity index (χ1n) is 15.6. The summed E-state index contributed by atoms with van der Waals surface area (Å²) in [7, 11) is 3.92. The van der Waals surface area contributed by atoms with Gasteiger partial charge in [0.25, 0.3) is 0 Å². The van der Waals surface area contributed by atoms with E-state index in [0.717, 1.165) is 38.3 Å². The zero-order valence-corrected chi connectivity index (χ0v) is 28.4. The number of allylic oxidation sites excluding steroid dienone is 3. The predicted molar refractivity (Wildman–Crippen MR) is 177 cm³/mol. The quantitative estimate of drug-likeness (QED) is 0.0984. The van der Waals surface area contributed by atoms with Crippen LogP contribution in [0.25, 0.3) is 0 Å². The number of nitrogens with zero attached hydrogens (tertiary/aromatic N) is 3. The fourth-order valence-corrected chi connectivity index (χ4v) is 5.45. The number of aromatic nitrogens is 1. The lowest BCUT2D eigenvalue weighted by atomic mass is 9.82. The van der Waals surface area contributed by atoms with E-state index in [2.05, 4.69) is 35.3 Å². The third kappa shape index (κ3) is 10.5. The average Bonchev–Trinajstić information content (AvgIpc) is 3.05. The van der Waals surface area contributed by atoms with Crippen molar-refractivity contribution in [3.63, 3.8) is 0 Å². The van der Waals surface area contributed by atoms with Gasteiger partial charge < -0.3 is 23.8 Å². The highest BCUT2D eigenvalue weighted by Crippen LogP contribution is 2.40. The van der Waals surface area contributed by atoms with Crippen molar-refractivity contribution in [1.82, 2.24) is 4.98 Å². The zero-order valence-electron chi connectivity index (χ0n) is 28.4. The number of carbonyl (C=O) groups excluding carboxylic acids is 2. The van der Waals surface area contributed by atoms with E-state index in [9.17, 15) is 22.8 Å². The van der Waals surface area contributed by atoms with Gasteiger partial charge in [-0.2, -0.15) is 13.2 Å². The van der Waals surface area contributed by atoms with E-state index in [1.54, 1.807) is 26.0 Å². The molecule has 0 atom stereocenters. The lowest BCUT2D eigenvalue weighted by Gasteiger charge is -2.36. The van der Waals surface area contributed by atoms with Crippen molar-refractivity contribution >= 4 is 23.3 Å². The molecule has 0 unspecified atom stereocenters. The molecule has 1 aliphatic rings. The first-order valence-corrected chi connectivity index (χ1v) is 15.6. The van der Waals surface area contributed by atoms with Crippen LogP contribution in [0.5, 0.6) is 11.6 Å². The maximum atomic E-state index is 15.9. The van der Waals surface area contributed by atoms with Crippen LogP contribution in [0.3, 0.4) is 0 Å². The number of carbonyl (C=O) groups is 2. The second-order valence-electron chi connectivity index (χ2n) is 11.6. The molecular formula is C36H41F4N3O6. The number of pyridine rings is 1. The van der Waals surface area contributed by atoms with Gasteiger partial charge in [0.1, 0.15) is 11.3 Å². The molecule has 0 spiro atoms. The summed E-state index contributed by atoms with van der Waals surface area (Å²) in [5.74, 6) is 0.889. The Kier molecular flexibility index (Phi) is 14.1. The summed E-state index contributed by atoms with van der Waals surface area (Å²) in [5.41, 5.74) is -1.24. The van der Waals surface area contributed by atoms with E-state index in [4.69, 9.17) is 18.9 Å². The number of hydrogen-bond donors (Lipinski definition) is 0. The fourth-order valence-electron chi connectivity index (χ4n) is 5.45. The van der Waals surface area contributed by atoms with Gasteiger partial charge in [0.15, 0.2) is 11.6 Å². The molecule has 0 aliphatic heterocycles. The van der Waals surface area contributed by atoms with Crippen molar-refractivity contribution in [2.24, 2.45) is 16.8 Å². The first-order chi connectivity index (χ1) is 23.2. The van der Waals surface area contributed by atoms with Crippen LogP contribution in [-0.2, 0) is 25.2 Å². The Labute approximate surface area is 284 Å². The van der Waals surface area contributed by atoms with Crippen molar-refractivity contribution in [3.8, 4) is 23.5 Å². The summed E-state index contributed by atoms with van der Waals surface area (Å²) in [5, 5.41) is 0. The molecule has 1 aromatic heterocycles. The van der Waals surface area contributed by atoms with Crippen molar-refractivity contribution in [2.75, 3.05) is 39.4 Å². The molecule has 13 heteroatoms. The largest absolute Gasteiger partial charge is 0.465 e. The second-order valence-corrected chi connectivity index (χ2v) is 11.6. The second kappa shape index (κ2) is 17.7. The Morgan fingerprint density at radius 2 is 1.78 bits per heavy atom. The van der Waals surface area contributed by atoms with E-state index >= 15 is 4.39 Å². The van der Waals surface area contributed by atoms with Gasteiger partial charge in [-0.15, -0.1) is 0 Å². The molecule has 3 rings (SSSR count). The van der Waals surface area contributed by atoms with Crippen molar-refractivity contribution in [1.29, 1.82) is 0 Å². The third-order valence-corrected chi connectivity index (χ3v) is 7.83. The molecule has 0 N–H and O–H groups in total. The number of ether oxygens (including phenoxy) is 4. The Morgan fingerprint density at radius 3 is 2.35 bits per heavy atom. The number of amides is 1. The summed E-state index contributed by atoms with van der Waals surface area (Å²) in [6.07, 6.45) is 2.31. The van der Waals surface area contributed by atoms with Crippen molar-refractivity contribution < 1.29 is 46.1 Å². The lowest BCUT2D eigenvalue weighted by Crippen LogP contribution is -2.49. The highest BCUT2D eigenvalue weighted by atomic mass is 19.4. The van der Waals surface area contributed by atoms with Crippen LogP contribution in [0.2, 0.25) is 0 Å². The van der Waals surface area contributed by atoms with Crippen LogP contribution in [0, 0.1) is 29.5 Å². The van der Waals surface area contributed by atoms with Gasteiger partial charge in [-0.25, -0.2) is 19.2 Å². The number of anilines is 1. The summed E-state index contributed by atoms with van der Waals surface area (Å²) in [6.45, 7) is 9.25. The number of alkyl halides is 3. The van der Waals surface area contributed by atoms with Gasteiger partial charge in [0.05, 0.1) is 37.6 Å². The van der Waals surface area contributed by atoms with E-state index in [1.165, 1.54) is 19.1 Å². The van der Waals surface area contributed by atoms with Crippen LogP contribution >= 0.6 is 0 Å². The Morgan fingerprint density at radius 1 is 1.12 bits per heavy atom. The normalized spacial score (nSPS) is 16.7. The monoisotopic (exact) mass is 687 g/mol. The van der Waals surface area contributed by atoms with E-state index in [0.29, 0.717) is 30.5 Å². The van der Waals surface area contributed by atoms with Gasteiger partial charge in [0.2, 0.25) is 11.8 Å². The number of aliphatic imine (C=N–C) groups is 1. The molecule has 0 bridgehead atoms. The Bertz CT molecular complexity index is 1630. The van der Waals surface area contributed by atoms with Gasteiger partial charge in [0, 0.05) is 49.7 Å². The Balaban J connectivity index is 2.11. The third-order valence-electron chi connectivity index (χ3n) is 7.83. The van der Waals surface area contributed by atoms with E-state index in [-0.39, 0.29) is 41.6 Å². The fraction of sp³-hybridized carbons (Fsp3) is 0.444. The molecule has 1 saturated carbocycles. The standard InChI is InChI=1S/C36H41F4N3O6/c1-8-9-23(3)42-24(4)12-13-25-16-29(36(38,39)40)33(41-19-25)49-32-17-28(35(45)48-7)31(18-30(32)37)43(27(20-46-5)21-47-6)34(44)26-14-10-22(2)11-15-26/h8-9,16-19,22,26-27H,4,10-11,14-15,20-21H2,1-3,5-7H3/b9-8-,42-23?.